The maximum Gasteiger partial charge on any atom is 0.246 e. The predicted octanol–water partition coefficient (Wildman–Crippen LogP) is 2.18. The molecule has 0 saturated heterocycles. The van der Waals surface area contributed by atoms with E-state index in [4.69, 9.17) is 0 Å². The number of nitrogens with zero attached hydrogens (tertiary/aromatic N) is 3. The van der Waals surface area contributed by atoms with E-state index in [1.54, 1.807) is 6.20 Å². The lowest BCUT2D eigenvalue weighted by atomic mass is 10.3. The highest BCUT2D eigenvalue weighted by atomic mass is 79.9. The number of rotatable bonds is 6. The number of nitrogens with one attached hydrogen (secondary N) is 2. The molecule has 2 rings (SSSR count). The van der Waals surface area contributed by atoms with Crippen LogP contribution in [0.1, 0.15) is 19.5 Å². The summed E-state index contributed by atoms with van der Waals surface area (Å²) in [5.74, 6) is -0.143. The second-order valence-electron chi connectivity index (χ2n) is 4.97. The number of para-hydroxylation sites is 1. The van der Waals surface area contributed by atoms with Gasteiger partial charge in [-0.2, -0.15) is 0 Å². The van der Waals surface area contributed by atoms with Crippen molar-refractivity contribution in [3.8, 4) is 0 Å². The Hall–Kier alpha value is -1.73. The number of anilines is 1. The van der Waals surface area contributed by atoms with Crippen molar-refractivity contribution in [1.29, 1.82) is 0 Å². The summed E-state index contributed by atoms with van der Waals surface area (Å²) in [5.41, 5.74) is 1.56. The first-order chi connectivity index (χ1) is 10.0. The number of aromatic nitrogens is 3. The summed E-state index contributed by atoms with van der Waals surface area (Å²) in [4.78, 5) is 12.0. The lowest BCUT2D eigenvalue weighted by Crippen LogP contribution is -2.22. The van der Waals surface area contributed by atoms with Crippen molar-refractivity contribution >= 4 is 27.5 Å². The van der Waals surface area contributed by atoms with Gasteiger partial charge in [-0.3, -0.25) is 4.79 Å². The van der Waals surface area contributed by atoms with E-state index in [-0.39, 0.29) is 12.5 Å². The molecule has 7 heteroatoms. The molecule has 0 aliphatic rings. The molecule has 0 atom stereocenters. The first-order valence-corrected chi connectivity index (χ1v) is 7.50. The number of carbonyl (C=O) groups is 1. The largest absolute Gasteiger partial charge is 0.323 e. The smallest absolute Gasteiger partial charge is 0.246 e. The summed E-state index contributed by atoms with van der Waals surface area (Å²) in [7, 11) is 0. The van der Waals surface area contributed by atoms with Crippen LogP contribution in [0.4, 0.5) is 5.69 Å². The molecule has 0 unspecified atom stereocenters. The van der Waals surface area contributed by atoms with Gasteiger partial charge in [0.05, 0.1) is 17.6 Å². The molecule has 1 heterocycles. The summed E-state index contributed by atoms with van der Waals surface area (Å²) in [5, 5.41) is 14.1. The summed E-state index contributed by atoms with van der Waals surface area (Å²) in [6.07, 6.45) is 1.77. The van der Waals surface area contributed by atoms with E-state index in [0.717, 1.165) is 15.9 Å². The number of hydrogen-bond donors (Lipinski definition) is 2. The fourth-order valence-electron chi connectivity index (χ4n) is 1.70. The van der Waals surface area contributed by atoms with Gasteiger partial charge in [-0.1, -0.05) is 31.2 Å². The molecule has 1 aromatic heterocycles. The van der Waals surface area contributed by atoms with Crippen LogP contribution in [0.15, 0.2) is 34.9 Å². The van der Waals surface area contributed by atoms with Crippen molar-refractivity contribution in [3.05, 3.63) is 40.6 Å². The minimum atomic E-state index is -0.143. The Balaban J connectivity index is 1.90. The van der Waals surface area contributed by atoms with Crippen LogP contribution in [0, 0.1) is 0 Å². The molecule has 2 N–H and O–H groups in total. The molecule has 0 aliphatic carbocycles. The fourth-order valence-corrected chi connectivity index (χ4v) is 2.09. The minimum Gasteiger partial charge on any atom is -0.323 e. The van der Waals surface area contributed by atoms with Gasteiger partial charge in [-0.15, -0.1) is 5.10 Å². The van der Waals surface area contributed by atoms with Crippen LogP contribution >= 0.6 is 15.9 Å². The first kappa shape index (κ1) is 15.7. The van der Waals surface area contributed by atoms with Gasteiger partial charge in [-0.25, -0.2) is 4.68 Å². The summed E-state index contributed by atoms with van der Waals surface area (Å²) in [6, 6.07) is 7.85. The highest BCUT2D eigenvalue weighted by Crippen LogP contribution is 2.20. The number of benzene rings is 1. The molecule has 0 radical (unpaired) electrons. The third kappa shape index (κ3) is 4.95. The molecule has 6 nitrogen and oxygen atoms in total. The molecule has 0 spiro atoms. The van der Waals surface area contributed by atoms with Crippen molar-refractivity contribution in [2.45, 2.75) is 33.0 Å². The van der Waals surface area contributed by atoms with Gasteiger partial charge in [0.2, 0.25) is 5.91 Å². The summed E-state index contributed by atoms with van der Waals surface area (Å²) in [6.45, 7) is 4.91. The van der Waals surface area contributed by atoms with Gasteiger partial charge in [0.1, 0.15) is 6.54 Å². The van der Waals surface area contributed by atoms with Crippen molar-refractivity contribution in [2.75, 3.05) is 5.32 Å². The molecular weight excluding hydrogens is 334 g/mol. The molecule has 0 bridgehead atoms. The maximum atomic E-state index is 12.0. The molecular formula is C14H18BrN5O. The first-order valence-electron chi connectivity index (χ1n) is 6.71. The van der Waals surface area contributed by atoms with Crippen molar-refractivity contribution in [2.24, 2.45) is 0 Å². The van der Waals surface area contributed by atoms with E-state index in [9.17, 15) is 4.79 Å². The van der Waals surface area contributed by atoms with Crippen LogP contribution < -0.4 is 10.6 Å². The van der Waals surface area contributed by atoms with E-state index >= 15 is 0 Å². The average Bonchev–Trinajstić information content (AvgIpc) is 2.86. The zero-order chi connectivity index (χ0) is 15.2. The summed E-state index contributed by atoms with van der Waals surface area (Å²) < 4.78 is 2.38. The summed E-state index contributed by atoms with van der Waals surface area (Å²) >= 11 is 3.39. The van der Waals surface area contributed by atoms with Crippen LogP contribution in [0.2, 0.25) is 0 Å². The van der Waals surface area contributed by atoms with E-state index in [1.807, 2.05) is 24.3 Å². The maximum absolute atomic E-state index is 12.0. The third-order valence-electron chi connectivity index (χ3n) is 2.73. The van der Waals surface area contributed by atoms with E-state index < -0.39 is 0 Å². The van der Waals surface area contributed by atoms with Crippen LogP contribution in [0.5, 0.6) is 0 Å². The Morgan fingerprint density at radius 3 is 2.86 bits per heavy atom. The van der Waals surface area contributed by atoms with Gasteiger partial charge in [-0.05, 0) is 28.1 Å². The minimum absolute atomic E-state index is 0.135. The van der Waals surface area contributed by atoms with Gasteiger partial charge in [0.15, 0.2) is 0 Å². The zero-order valence-electron chi connectivity index (χ0n) is 12.0. The Morgan fingerprint density at radius 1 is 1.38 bits per heavy atom. The second-order valence-corrected chi connectivity index (χ2v) is 5.83. The van der Waals surface area contributed by atoms with Gasteiger partial charge < -0.3 is 10.6 Å². The normalized spacial score (nSPS) is 10.9. The topological polar surface area (TPSA) is 71.8 Å². The quantitative estimate of drug-likeness (QED) is 0.836. The van der Waals surface area contributed by atoms with Gasteiger partial charge >= 0.3 is 0 Å². The standard InChI is InChI=1S/C14H18BrN5O/c1-10(2)16-7-11-8-20(19-18-11)9-14(21)17-13-6-4-3-5-12(13)15/h3-6,8,10,16H,7,9H2,1-2H3,(H,17,21). The van der Waals surface area contributed by atoms with Gasteiger partial charge in [0, 0.05) is 17.1 Å². The predicted molar refractivity (Wildman–Crippen MR) is 84.8 cm³/mol. The highest BCUT2D eigenvalue weighted by molar-refractivity contribution is 9.10. The number of amides is 1. The molecule has 1 aromatic carbocycles. The molecule has 0 aliphatic heterocycles. The third-order valence-corrected chi connectivity index (χ3v) is 3.42. The highest BCUT2D eigenvalue weighted by Gasteiger charge is 2.08. The number of hydrogen-bond acceptors (Lipinski definition) is 4. The number of carbonyl (C=O) groups excluding carboxylic acids is 1. The van der Waals surface area contributed by atoms with Crippen LogP contribution in [-0.2, 0) is 17.9 Å². The Bertz CT molecular complexity index is 611. The molecule has 2 aromatic rings. The van der Waals surface area contributed by atoms with E-state index in [1.165, 1.54) is 4.68 Å². The van der Waals surface area contributed by atoms with E-state index in [0.29, 0.717) is 12.6 Å². The Labute approximate surface area is 132 Å². The second kappa shape index (κ2) is 7.33. The molecule has 21 heavy (non-hydrogen) atoms. The van der Waals surface area contributed by atoms with Crippen molar-refractivity contribution in [3.63, 3.8) is 0 Å². The monoisotopic (exact) mass is 351 g/mol. The molecule has 1 amide bonds. The molecule has 112 valence electrons. The molecule has 0 saturated carbocycles. The average molecular weight is 352 g/mol. The van der Waals surface area contributed by atoms with Crippen LogP contribution in [-0.4, -0.2) is 26.9 Å². The number of halogens is 1. The lowest BCUT2D eigenvalue weighted by molar-refractivity contribution is -0.116. The van der Waals surface area contributed by atoms with Crippen LogP contribution in [0.25, 0.3) is 0 Å². The van der Waals surface area contributed by atoms with Gasteiger partial charge in [0.25, 0.3) is 0 Å². The van der Waals surface area contributed by atoms with E-state index in [2.05, 4.69) is 50.7 Å². The lowest BCUT2D eigenvalue weighted by Gasteiger charge is -2.06. The fraction of sp³-hybridized carbons (Fsp3) is 0.357. The van der Waals surface area contributed by atoms with Crippen molar-refractivity contribution < 1.29 is 4.79 Å². The SMILES string of the molecule is CC(C)NCc1cn(CC(=O)Nc2ccccc2Br)nn1. The van der Waals surface area contributed by atoms with Crippen LogP contribution in [0.3, 0.4) is 0 Å². The Kier molecular flexibility index (Phi) is 5.46. The zero-order valence-corrected chi connectivity index (χ0v) is 13.6. The Morgan fingerprint density at radius 2 is 2.14 bits per heavy atom. The molecule has 0 fully saturated rings. The van der Waals surface area contributed by atoms with Crippen molar-refractivity contribution in [1.82, 2.24) is 20.3 Å².